The van der Waals surface area contributed by atoms with E-state index in [0.29, 0.717) is 31.3 Å². The lowest BCUT2D eigenvalue weighted by atomic mass is 10.2. The molecular weight excluding hydrogens is 222 g/mol. The third-order valence-corrected chi connectivity index (χ3v) is 2.83. The van der Waals surface area contributed by atoms with E-state index in [1.165, 1.54) is 0 Å². The molecule has 3 N–H and O–H groups in total. The van der Waals surface area contributed by atoms with Crippen molar-refractivity contribution in [2.24, 2.45) is 11.7 Å². The topological polar surface area (TPSA) is 94.4 Å². The number of nitrogens with zero attached hydrogens (tertiary/aromatic N) is 2. The van der Waals surface area contributed by atoms with Gasteiger partial charge in [0, 0.05) is 6.61 Å². The van der Waals surface area contributed by atoms with Gasteiger partial charge < -0.3 is 20.1 Å². The average molecular weight is 241 g/mol. The van der Waals surface area contributed by atoms with Gasteiger partial charge in [-0.05, 0) is 38.6 Å². The zero-order valence-electron chi connectivity index (χ0n) is 10.0. The van der Waals surface area contributed by atoms with E-state index < -0.39 is 6.10 Å². The molecule has 0 bridgehead atoms. The molecule has 1 aliphatic carbocycles. The Balaban J connectivity index is 2.04. The van der Waals surface area contributed by atoms with Gasteiger partial charge in [-0.3, -0.25) is 0 Å². The van der Waals surface area contributed by atoms with Gasteiger partial charge in [-0.2, -0.15) is 4.98 Å². The largest absolute Gasteiger partial charge is 0.383 e. The second-order valence-electron chi connectivity index (χ2n) is 4.30. The van der Waals surface area contributed by atoms with E-state index in [0.717, 1.165) is 12.8 Å². The molecule has 0 aromatic carbocycles. The summed E-state index contributed by atoms with van der Waals surface area (Å²) >= 11 is 0. The van der Waals surface area contributed by atoms with E-state index in [1.807, 2.05) is 6.92 Å². The van der Waals surface area contributed by atoms with E-state index in [-0.39, 0.29) is 12.0 Å². The quantitative estimate of drug-likeness (QED) is 0.737. The van der Waals surface area contributed by atoms with E-state index in [1.54, 1.807) is 0 Å². The summed E-state index contributed by atoms with van der Waals surface area (Å²) in [7, 11) is 0. The minimum absolute atomic E-state index is 0.0948. The lowest BCUT2D eigenvalue weighted by molar-refractivity contribution is 0.0384. The molecule has 1 aromatic heterocycles. The van der Waals surface area contributed by atoms with Crippen LogP contribution in [0.3, 0.4) is 0 Å². The van der Waals surface area contributed by atoms with Crippen molar-refractivity contribution in [3.05, 3.63) is 11.7 Å². The van der Waals surface area contributed by atoms with Crippen molar-refractivity contribution < 1.29 is 14.4 Å². The average Bonchev–Trinajstić information content (AvgIpc) is 3.03. The number of hydrogen-bond acceptors (Lipinski definition) is 6. The predicted octanol–water partition coefficient (Wildman–Crippen LogP) is 0.939. The maximum Gasteiger partial charge on any atom is 0.255 e. The first-order valence-corrected chi connectivity index (χ1v) is 6.09. The maximum absolute atomic E-state index is 9.68. The zero-order valence-corrected chi connectivity index (χ0v) is 10.0. The number of aliphatic hydroxyl groups excluding tert-OH is 1. The maximum atomic E-state index is 9.68. The number of aliphatic hydroxyl groups is 1. The summed E-state index contributed by atoms with van der Waals surface area (Å²) in [6, 6.07) is 0. The Kier molecular flexibility index (Phi) is 4.09. The summed E-state index contributed by atoms with van der Waals surface area (Å²) in [5.41, 5.74) is 5.36. The van der Waals surface area contributed by atoms with Crippen LogP contribution in [-0.2, 0) is 4.74 Å². The molecule has 6 nitrogen and oxygen atoms in total. The van der Waals surface area contributed by atoms with E-state index in [2.05, 4.69) is 10.1 Å². The summed E-state index contributed by atoms with van der Waals surface area (Å²) < 4.78 is 10.7. The standard InChI is InChI=1S/C11H19N3O3/c1-2-16-9(7-3-4-7)10-13-11(17-14-10)8(15)5-6-12/h7-9,15H,2-6,12H2,1H3. The summed E-state index contributed by atoms with van der Waals surface area (Å²) in [5.74, 6) is 1.27. The molecule has 1 fully saturated rings. The zero-order chi connectivity index (χ0) is 12.3. The Labute approximate surface area is 100 Å². The summed E-state index contributed by atoms with van der Waals surface area (Å²) in [5, 5.41) is 13.6. The Morgan fingerprint density at radius 1 is 1.59 bits per heavy atom. The van der Waals surface area contributed by atoms with Crippen LogP contribution in [0.4, 0.5) is 0 Å². The second kappa shape index (κ2) is 5.57. The molecule has 0 aliphatic heterocycles. The van der Waals surface area contributed by atoms with Crippen molar-refractivity contribution >= 4 is 0 Å². The fourth-order valence-corrected chi connectivity index (χ4v) is 1.78. The van der Waals surface area contributed by atoms with Crippen molar-refractivity contribution in [3.8, 4) is 0 Å². The molecule has 1 aliphatic rings. The monoisotopic (exact) mass is 241 g/mol. The molecule has 96 valence electrons. The van der Waals surface area contributed by atoms with Crippen molar-refractivity contribution in [2.75, 3.05) is 13.2 Å². The molecule has 0 spiro atoms. The third kappa shape index (κ3) is 3.02. The molecule has 1 saturated carbocycles. The van der Waals surface area contributed by atoms with Crippen LogP contribution in [0.2, 0.25) is 0 Å². The Morgan fingerprint density at radius 2 is 2.35 bits per heavy atom. The van der Waals surface area contributed by atoms with Crippen LogP contribution in [0, 0.1) is 5.92 Å². The van der Waals surface area contributed by atoms with E-state index in [9.17, 15) is 5.11 Å². The van der Waals surface area contributed by atoms with Gasteiger partial charge in [0.2, 0.25) is 5.82 Å². The molecule has 1 aromatic rings. The molecule has 2 rings (SSSR count). The first kappa shape index (κ1) is 12.5. The smallest absolute Gasteiger partial charge is 0.255 e. The lowest BCUT2D eigenvalue weighted by Crippen LogP contribution is -2.10. The molecule has 0 amide bonds. The predicted molar refractivity (Wildman–Crippen MR) is 60.0 cm³/mol. The minimum Gasteiger partial charge on any atom is -0.383 e. The first-order valence-electron chi connectivity index (χ1n) is 6.09. The van der Waals surface area contributed by atoms with Crippen LogP contribution in [0.1, 0.15) is 50.1 Å². The van der Waals surface area contributed by atoms with Gasteiger partial charge >= 0.3 is 0 Å². The molecule has 17 heavy (non-hydrogen) atoms. The molecule has 6 heteroatoms. The SMILES string of the molecule is CCOC(c1noc(C(O)CCN)n1)C1CC1. The summed E-state index contributed by atoms with van der Waals surface area (Å²) in [6.45, 7) is 2.95. The Morgan fingerprint density at radius 3 is 2.94 bits per heavy atom. The van der Waals surface area contributed by atoms with Crippen molar-refractivity contribution in [2.45, 2.75) is 38.4 Å². The third-order valence-electron chi connectivity index (χ3n) is 2.83. The van der Waals surface area contributed by atoms with Crippen LogP contribution in [0.25, 0.3) is 0 Å². The van der Waals surface area contributed by atoms with E-state index in [4.69, 9.17) is 15.0 Å². The lowest BCUT2D eigenvalue weighted by Gasteiger charge is -2.11. The first-order chi connectivity index (χ1) is 8.26. The fourth-order valence-electron chi connectivity index (χ4n) is 1.78. The van der Waals surface area contributed by atoms with Crippen molar-refractivity contribution in [3.63, 3.8) is 0 Å². The summed E-state index contributed by atoms with van der Waals surface area (Å²) in [6.07, 6.45) is 1.83. The van der Waals surface area contributed by atoms with Gasteiger partial charge in [0.05, 0.1) is 0 Å². The Hall–Kier alpha value is -0.980. The van der Waals surface area contributed by atoms with Gasteiger partial charge in [0.15, 0.2) is 0 Å². The van der Waals surface area contributed by atoms with Gasteiger partial charge in [0.1, 0.15) is 12.2 Å². The number of rotatable bonds is 7. The van der Waals surface area contributed by atoms with Gasteiger partial charge in [-0.25, -0.2) is 0 Å². The van der Waals surface area contributed by atoms with Crippen LogP contribution in [0.15, 0.2) is 4.52 Å². The highest BCUT2D eigenvalue weighted by Gasteiger charge is 2.36. The van der Waals surface area contributed by atoms with Crippen LogP contribution < -0.4 is 5.73 Å². The van der Waals surface area contributed by atoms with Gasteiger partial charge in [-0.15, -0.1) is 0 Å². The number of ether oxygens (including phenoxy) is 1. The van der Waals surface area contributed by atoms with E-state index >= 15 is 0 Å². The second-order valence-corrected chi connectivity index (χ2v) is 4.30. The van der Waals surface area contributed by atoms with Crippen LogP contribution in [0.5, 0.6) is 0 Å². The molecule has 2 atom stereocenters. The summed E-state index contributed by atoms with van der Waals surface area (Å²) in [4.78, 5) is 4.20. The highest BCUT2D eigenvalue weighted by atomic mass is 16.5. The molecular formula is C11H19N3O3. The van der Waals surface area contributed by atoms with Crippen molar-refractivity contribution in [1.29, 1.82) is 0 Å². The van der Waals surface area contributed by atoms with Crippen LogP contribution >= 0.6 is 0 Å². The molecule has 0 radical (unpaired) electrons. The highest BCUT2D eigenvalue weighted by molar-refractivity contribution is 4.99. The number of aromatic nitrogens is 2. The molecule has 0 saturated heterocycles. The van der Waals surface area contributed by atoms with Crippen LogP contribution in [-0.4, -0.2) is 28.4 Å². The number of hydrogen-bond donors (Lipinski definition) is 2. The highest BCUT2D eigenvalue weighted by Crippen LogP contribution is 2.42. The molecule has 2 unspecified atom stereocenters. The number of nitrogens with two attached hydrogens (primary N) is 1. The van der Waals surface area contributed by atoms with Crippen molar-refractivity contribution in [1.82, 2.24) is 10.1 Å². The Bertz CT molecular complexity index is 351. The van der Waals surface area contributed by atoms with Gasteiger partial charge in [-0.1, -0.05) is 5.16 Å². The fraction of sp³-hybridized carbons (Fsp3) is 0.818. The minimum atomic E-state index is -0.775. The van der Waals surface area contributed by atoms with Gasteiger partial charge in [0.25, 0.3) is 5.89 Å². The molecule has 1 heterocycles. The normalized spacial score (nSPS) is 19.2.